The van der Waals surface area contributed by atoms with Crippen LogP contribution in [0.1, 0.15) is 25.7 Å². The lowest BCUT2D eigenvalue weighted by molar-refractivity contribution is 0.262. The van der Waals surface area contributed by atoms with Crippen molar-refractivity contribution in [2.75, 3.05) is 0 Å². The van der Waals surface area contributed by atoms with Crippen LogP contribution < -0.4 is 5.32 Å². The van der Waals surface area contributed by atoms with E-state index < -0.39 is 0 Å². The number of hydrogen-bond donors (Lipinski definition) is 2. The van der Waals surface area contributed by atoms with Crippen molar-refractivity contribution in [3.8, 4) is 0 Å². The lowest BCUT2D eigenvalue weighted by Gasteiger charge is -2.25. The van der Waals surface area contributed by atoms with E-state index >= 15 is 0 Å². The molecule has 2 rings (SSSR count). The summed E-state index contributed by atoms with van der Waals surface area (Å²) in [7, 11) is 0. The van der Waals surface area contributed by atoms with Gasteiger partial charge in [0.15, 0.2) is 0 Å². The second-order valence-corrected chi connectivity index (χ2v) is 3.23. The van der Waals surface area contributed by atoms with E-state index in [0.29, 0.717) is 17.7 Å². The third-order valence-electron chi connectivity index (χ3n) is 2.59. The molecule has 2 heteroatoms. The minimum atomic E-state index is 0.439. The van der Waals surface area contributed by atoms with E-state index in [9.17, 15) is 5.11 Å². The van der Waals surface area contributed by atoms with Crippen molar-refractivity contribution in [3.05, 3.63) is 12.0 Å². The normalized spacial score (nSPS) is 38.2. The molecule has 0 radical (unpaired) electrons. The first-order valence-corrected chi connectivity index (χ1v) is 4.03. The SMILES string of the molecule is OC1=CNC2CCCCC12. The highest BCUT2D eigenvalue weighted by Gasteiger charge is 2.31. The molecule has 2 nitrogen and oxygen atoms in total. The standard InChI is InChI=1S/C8H13NO/c10-8-5-9-7-4-2-1-3-6(7)8/h5-7,9-10H,1-4H2. The third kappa shape index (κ3) is 0.789. The summed E-state index contributed by atoms with van der Waals surface area (Å²) in [6.45, 7) is 0. The summed E-state index contributed by atoms with van der Waals surface area (Å²) in [4.78, 5) is 0. The number of aliphatic hydroxyl groups is 1. The molecule has 1 saturated carbocycles. The molecule has 0 aromatic heterocycles. The van der Waals surface area contributed by atoms with Gasteiger partial charge in [0.2, 0.25) is 0 Å². The van der Waals surface area contributed by atoms with E-state index in [4.69, 9.17) is 0 Å². The Balaban J connectivity index is 2.08. The van der Waals surface area contributed by atoms with Gasteiger partial charge in [0, 0.05) is 18.2 Å². The molecule has 0 bridgehead atoms. The number of nitrogens with one attached hydrogen (secondary N) is 1. The average molecular weight is 139 g/mol. The summed E-state index contributed by atoms with van der Waals surface area (Å²) >= 11 is 0. The topological polar surface area (TPSA) is 32.3 Å². The van der Waals surface area contributed by atoms with Crippen molar-refractivity contribution in [2.45, 2.75) is 31.7 Å². The maximum Gasteiger partial charge on any atom is 0.113 e. The van der Waals surface area contributed by atoms with Crippen molar-refractivity contribution in [1.29, 1.82) is 0 Å². The van der Waals surface area contributed by atoms with Gasteiger partial charge in [0.1, 0.15) is 5.76 Å². The van der Waals surface area contributed by atoms with Crippen molar-refractivity contribution < 1.29 is 5.11 Å². The van der Waals surface area contributed by atoms with Crippen molar-refractivity contribution in [2.24, 2.45) is 5.92 Å². The second-order valence-electron chi connectivity index (χ2n) is 3.23. The monoisotopic (exact) mass is 139 g/mol. The molecule has 0 spiro atoms. The van der Waals surface area contributed by atoms with Gasteiger partial charge in [0.25, 0.3) is 0 Å². The lowest BCUT2D eigenvalue weighted by Crippen LogP contribution is -2.30. The maximum absolute atomic E-state index is 9.32. The number of rotatable bonds is 0. The molecule has 2 aliphatic rings. The first kappa shape index (κ1) is 6.08. The Kier molecular flexibility index (Phi) is 1.33. The van der Waals surface area contributed by atoms with E-state index in [1.807, 2.05) is 0 Å². The summed E-state index contributed by atoms with van der Waals surface area (Å²) in [5.74, 6) is 1.01. The predicted molar refractivity (Wildman–Crippen MR) is 39.6 cm³/mol. The molecule has 2 N–H and O–H groups in total. The van der Waals surface area contributed by atoms with Gasteiger partial charge in [-0.05, 0) is 12.8 Å². The molecule has 2 atom stereocenters. The fourth-order valence-electron chi connectivity index (χ4n) is 1.98. The van der Waals surface area contributed by atoms with Crippen LogP contribution in [0.15, 0.2) is 12.0 Å². The Bertz CT molecular complexity index is 165. The molecule has 0 aromatic rings. The van der Waals surface area contributed by atoms with Crippen LogP contribution in [0.3, 0.4) is 0 Å². The van der Waals surface area contributed by atoms with Crippen LogP contribution >= 0.6 is 0 Å². The summed E-state index contributed by atoms with van der Waals surface area (Å²) in [6.07, 6.45) is 6.75. The van der Waals surface area contributed by atoms with Gasteiger partial charge in [-0.3, -0.25) is 0 Å². The second kappa shape index (κ2) is 2.19. The quantitative estimate of drug-likeness (QED) is 0.533. The van der Waals surface area contributed by atoms with Crippen LogP contribution in [-0.4, -0.2) is 11.1 Å². The van der Waals surface area contributed by atoms with Crippen molar-refractivity contribution in [3.63, 3.8) is 0 Å². The summed E-state index contributed by atoms with van der Waals surface area (Å²) in [5.41, 5.74) is 0. The molecule has 1 heterocycles. The zero-order valence-electron chi connectivity index (χ0n) is 6.01. The molecule has 0 aromatic carbocycles. The van der Waals surface area contributed by atoms with Crippen LogP contribution in [0.2, 0.25) is 0 Å². The van der Waals surface area contributed by atoms with Gasteiger partial charge in [-0.15, -0.1) is 0 Å². The molecule has 0 saturated heterocycles. The maximum atomic E-state index is 9.32. The number of fused-ring (bicyclic) bond motifs is 1. The van der Waals surface area contributed by atoms with Gasteiger partial charge in [-0.2, -0.15) is 0 Å². The van der Waals surface area contributed by atoms with Gasteiger partial charge in [0.05, 0.1) is 0 Å². The first-order chi connectivity index (χ1) is 4.88. The smallest absolute Gasteiger partial charge is 0.113 e. The first-order valence-electron chi connectivity index (χ1n) is 4.03. The minimum absolute atomic E-state index is 0.439. The van der Waals surface area contributed by atoms with E-state index in [-0.39, 0.29) is 0 Å². The largest absolute Gasteiger partial charge is 0.510 e. The Morgan fingerprint density at radius 3 is 3.00 bits per heavy atom. The summed E-state index contributed by atoms with van der Waals surface area (Å²) < 4.78 is 0. The molecule has 1 fully saturated rings. The van der Waals surface area contributed by atoms with E-state index in [2.05, 4.69) is 5.32 Å². The molecule has 1 aliphatic heterocycles. The Labute approximate surface area is 60.9 Å². The fraction of sp³-hybridized carbons (Fsp3) is 0.750. The van der Waals surface area contributed by atoms with Crippen molar-refractivity contribution in [1.82, 2.24) is 5.32 Å². The zero-order chi connectivity index (χ0) is 6.97. The Morgan fingerprint density at radius 2 is 2.20 bits per heavy atom. The zero-order valence-corrected chi connectivity index (χ0v) is 6.01. The molecule has 56 valence electrons. The molecular formula is C8H13NO. The van der Waals surface area contributed by atoms with Crippen LogP contribution in [0.5, 0.6) is 0 Å². The van der Waals surface area contributed by atoms with E-state index in [1.165, 1.54) is 25.7 Å². The van der Waals surface area contributed by atoms with E-state index in [1.54, 1.807) is 6.20 Å². The Hall–Kier alpha value is -0.660. The van der Waals surface area contributed by atoms with Crippen LogP contribution in [-0.2, 0) is 0 Å². The van der Waals surface area contributed by atoms with Crippen molar-refractivity contribution >= 4 is 0 Å². The molecule has 1 aliphatic carbocycles. The predicted octanol–water partition coefficient (Wildman–Crippen LogP) is 1.55. The van der Waals surface area contributed by atoms with Crippen LogP contribution in [0.4, 0.5) is 0 Å². The van der Waals surface area contributed by atoms with Gasteiger partial charge >= 0.3 is 0 Å². The highest BCUT2D eigenvalue weighted by atomic mass is 16.3. The molecule has 10 heavy (non-hydrogen) atoms. The third-order valence-corrected chi connectivity index (χ3v) is 2.59. The molecule has 2 unspecified atom stereocenters. The minimum Gasteiger partial charge on any atom is -0.510 e. The average Bonchev–Trinajstić information content (AvgIpc) is 2.34. The van der Waals surface area contributed by atoms with Gasteiger partial charge in [-0.25, -0.2) is 0 Å². The number of hydrogen-bond acceptors (Lipinski definition) is 2. The number of aliphatic hydroxyl groups excluding tert-OH is 1. The lowest BCUT2D eigenvalue weighted by atomic mass is 9.85. The Morgan fingerprint density at radius 1 is 1.40 bits per heavy atom. The van der Waals surface area contributed by atoms with Crippen LogP contribution in [0, 0.1) is 5.92 Å². The fourth-order valence-corrected chi connectivity index (χ4v) is 1.98. The van der Waals surface area contributed by atoms with Gasteiger partial charge < -0.3 is 10.4 Å². The van der Waals surface area contributed by atoms with Crippen LogP contribution in [0.25, 0.3) is 0 Å². The summed E-state index contributed by atoms with van der Waals surface area (Å²) in [5, 5.41) is 12.5. The molecular weight excluding hydrogens is 126 g/mol. The highest BCUT2D eigenvalue weighted by Crippen LogP contribution is 2.31. The highest BCUT2D eigenvalue weighted by molar-refractivity contribution is 5.09. The van der Waals surface area contributed by atoms with E-state index in [0.717, 1.165) is 0 Å². The van der Waals surface area contributed by atoms with Gasteiger partial charge in [-0.1, -0.05) is 12.8 Å². The molecule has 0 amide bonds. The summed E-state index contributed by atoms with van der Waals surface area (Å²) in [6, 6.07) is 0.550.